The van der Waals surface area contributed by atoms with Crippen molar-refractivity contribution in [3.05, 3.63) is 17.0 Å². The van der Waals surface area contributed by atoms with Crippen LogP contribution in [-0.4, -0.2) is 74.1 Å². The van der Waals surface area contributed by atoms with Gasteiger partial charge in [0.25, 0.3) is 10.0 Å². The largest absolute Gasteiger partial charge is 0.480 e. The van der Waals surface area contributed by atoms with Gasteiger partial charge in [0.2, 0.25) is 0 Å². The fourth-order valence-electron chi connectivity index (χ4n) is 3.17. The van der Waals surface area contributed by atoms with Crippen molar-refractivity contribution in [2.24, 2.45) is 5.92 Å². The molecule has 3 rings (SSSR count). The molecule has 3 heterocycles. The number of ether oxygens (including phenoxy) is 1. The van der Waals surface area contributed by atoms with E-state index in [9.17, 15) is 13.2 Å². The molecule has 2 aliphatic heterocycles. The lowest BCUT2D eigenvalue weighted by Gasteiger charge is -2.29. The van der Waals surface area contributed by atoms with Crippen LogP contribution in [0.5, 0.6) is 0 Å². The van der Waals surface area contributed by atoms with E-state index in [0.29, 0.717) is 37.1 Å². The van der Waals surface area contributed by atoms with Crippen LogP contribution in [0.4, 0.5) is 0 Å². The van der Waals surface area contributed by atoms with Crippen LogP contribution in [0.15, 0.2) is 15.7 Å². The molecule has 0 spiro atoms. The van der Waals surface area contributed by atoms with Crippen molar-refractivity contribution in [1.29, 1.82) is 0 Å². The van der Waals surface area contributed by atoms with Crippen LogP contribution in [0.1, 0.15) is 5.56 Å². The summed E-state index contributed by atoms with van der Waals surface area (Å²) in [7, 11) is -3.57. The highest BCUT2D eigenvalue weighted by atomic mass is 32.2. The minimum absolute atomic E-state index is 0.0160. The summed E-state index contributed by atoms with van der Waals surface area (Å²) in [5.41, 5.74) is 0.926. The smallest absolute Gasteiger partial charge is 0.317 e. The van der Waals surface area contributed by atoms with E-state index in [-0.39, 0.29) is 18.5 Å². The molecule has 0 aliphatic carbocycles. The Morgan fingerprint density at radius 1 is 1.39 bits per heavy atom. The fraction of sp³-hybridized carbons (Fsp3) is 0.643. The quantitative estimate of drug-likeness (QED) is 0.840. The average molecular weight is 360 g/mol. The maximum Gasteiger partial charge on any atom is 0.317 e. The molecule has 1 aromatic rings. The molecule has 128 valence electrons. The van der Waals surface area contributed by atoms with Gasteiger partial charge < -0.3 is 9.84 Å². The molecule has 0 amide bonds. The van der Waals surface area contributed by atoms with E-state index in [2.05, 4.69) is 0 Å². The van der Waals surface area contributed by atoms with Crippen molar-refractivity contribution in [3.8, 4) is 0 Å². The van der Waals surface area contributed by atoms with Gasteiger partial charge in [-0.2, -0.15) is 4.31 Å². The molecule has 0 radical (unpaired) electrons. The topological polar surface area (TPSA) is 87.2 Å². The number of sulfonamides is 1. The molecule has 2 aliphatic rings. The Balaban J connectivity index is 1.89. The van der Waals surface area contributed by atoms with Gasteiger partial charge in [-0.15, -0.1) is 11.3 Å². The van der Waals surface area contributed by atoms with Crippen molar-refractivity contribution in [2.75, 3.05) is 39.4 Å². The Bertz CT molecular complexity index is 687. The summed E-state index contributed by atoms with van der Waals surface area (Å²) in [4.78, 5) is 12.8. The summed E-state index contributed by atoms with van der Waals surface area (Å²) >= 11 is 1.22. The number of thiophene rings is 1. The lowest BCUT2D eigenvalue weighted by Crippen LogP contribution is -2.47. The number of carbonyl (C=O) groups is 1. The van der Waals surface area contributed by atoms with Crippen molar-refractivity contribution >= 4 is 27.3 Å². The standard InChI is InChI=1S/C14H20N2O5S2/c1-10-2-14(22-9-10)23(19,20)16-4-11-3-15(6-13(17)18)5-12(16)8-21-7-11/h2,9,11-12H,3-8H2,1H3,(H,17,18)/t11-,12-/m0/s1. The summed E-state index contributed by atoms with van der Waals surface area (Å²) in [6.07, 6.45) is 0. The second kappa shape index (κ2) is 6.48. The van der Waals surface area contributed by atoms with Gasteiger partial charge in [-0.05, 0) is 23.9 Å². The minimum Gasteiger partial charge on any atom is -0.480 e. The van der Waals surface area contributed by atoms with Crippen molar-refractivity contribution in [3.63, 3.8) is 0 Å². The van der Waals surface area contributed by atoms with Crippen LogP contribution < -0.4 is 0 Å². The number of fused-ring (bicyclic) bond motifs is 3. The predicted octanol–water partition coefficient (Wildman–Crippen LogP) is 0.462. The number of hydrogen-bond acceptors (Lipinski definition) is 6. The second-order valence-electron chi connectivity index (χ2n) is 6.16. The first-order chi connectivity index (χ1) is 10.9. The molecule has 23 heavy (non-hydrogen) atoms. The van der Waals surface area contributed by atoms with Crippen LogP contribution in [0.25, 0.3) is 0 Å². The number of rotatable bonds is 4. The molecule has 2 fully saturated rings. The third-order valence-corrected chi connectivity index (χ3v) is 7.57. The molecule has 0 aromatic carbocycles. The molecule has 2 bridgehead atoms. The van der Waals surface area contributed by atoms with Crippen molar-refractivity contribution in [1.82, 2.24) is 9.21 Å². The highest BCUT2D eigenvalue weighted by Gasteiger charge is 2.40. The van der Waals surface area contributed by atoms with Crippen LogP contribution in [-0.2, 0) is 19.6 Å². The first-order valence-electron chi connectivity index (χ1n) is 7.45. The third-order valence-electron chi connectivity index (χ3n) is 4.12. The van der Waals surface area contributed by atoms with Crippen molar-refractivity contribution < 1.29 is 23.1 Å². The van der Waals surface area contributed by atoms with E-state index in [1.165, 1.54) is 15.6 Å². The molecular weight excluding hydrogens is 340 g/mol. The van der Waals surface area contributed by atoms with E-state index in [4.69, 9.17) is 9.84 Å². The number of hydrogen-bond donors (Lipinski definition) is 1. The predicted molar refractivity (Wildman–Crippen MR) is 85.1 cm³/mol. The highest BCUT2D eigenvalue weighted by Crippen LogP contribution is 2.29. The van der Waals surface area contributed by atoms with Gasteiger partial charge in [0.05, 0.1) is 25.8 Å². The van der Waals surface area contributed by atoms with E-state index in [1.54, 1.807) is 6.07 Å². The molecule has 1 aromatic heterocycles. The number of carboxylic acid groups (broad SMARTS) is 1. The van der Waals surface area contributed by atoms with Gasteiger partial charge >= 0.3 is 5.97 Å². The molecular formula is C14H20N2O5S2. The van der Waals surface area contributed by atoms with Gasteiger partial charge in [-0.1, -0.05) is 0 Å². The van der Waals surface area contributed by atoms with E-state index in [1.807, 2.05) is 17.2 Å². The maximum absolute atomic E-state index is 13.0. The van der Waals surface area contributed by atoms with E-state index < -0.39 is 16.0 Å². The molecule has 9 heteroatoms. The Morgan fingerprint density at radius 2 is 2.17 bits per heavy atom. The summed E-state index contributed by atoms with van der Waals surface area (Å²) in [5, 5.41) is 10.8. The zero-order chi connectivity index (χ0) is 16.6. The lowest BCUT2D eigenvalue weighted by molar-refractivity contribution is -0.138. The summed E-state index contributed by atoms with van der Waals surface area (Å²) in [6.45, 7) is 3.86. The minimum atomic E-state index is -3.57. The molecule has 7 nitrogen and oxygen atoms in total. The van der Waals surface area contributed by atoms with Crippen molar-refractivity contribution in [2.45, 2.75) is 17.2 Å². The fourth-order valence-corrected chi connectivity index (χ4v) is 6.21. The highest BCUT2D eigenvalue weighted by molar-refractivity contribution is 7.91. The summed E-state index contributed by atoms with van der Waals surface area (Å²) in [6, 6.07) is 1.33. The van der Waals surface area contributed by atoms with Gasteiger partial charge in [0.15, 0.2) is 0 Å². The lowest BCUT2D eigenvalue weighted by atomic mass is 10.1. The first-order valence-corrected chi connectivity index (χ1v) is 9.77. The SMILES string of the molecule is Cc1csc(S(=O)(=O)N2C[C@H]3COC[C@@H]2CN(CC(=O)O)C3)c1. The van der Waals surface area contributed by atoms with Crippen LogP contribution in [0.2, 0.25) is 0 Å². The molecule has 2 saturated heterocycles. The average Bonchev–Trinajstić information content (AvgIpc) is 2.68. The Morgan fingerprint density at radius 3 is 2.83 bits per heavy atom. The maximum atomic E-state index is 13.0. The second-order valence-corrected chi connectivity index (χ2v) is 9.19. The van der Waals surface area contributed by atoms with Crippen LogP contribution in [0.3, 0.4) is 0 Å². The van der Waals surface area contributed by atoms with Gasteiger partial charge in [0, 0.05) is 25.6 Å². The number of aryl methyl sites for hydroxylation is 1. The van der Waals surface area contributed by atoms with Gasteiger partial charge in [-0.3, -0.25) is 9.69 Å². The zero-order valence-corrected chi connectivity index (χ0v) is 14.5. The van der Waals surface area contributed by atoms with E-state index >= 15 is 0 Å². The van der Waals surface area contributed by atoms with Crippen LogP contribution >= 0.6 is 11.3 Å². The zero-order valence-electron chi connectivity index (χ0n) is 12.8. The number of aliphatic carboxylic acids is 1. The summed E-state index contributed by atoms with van der Waals surface area (Å²) in [5.74, 6) is -0.910. The van der Waals surface area contributed by atoms with Gasteiger partial charge in [-0.25, -0.2) is 8.42 Å². The molecule has 1 N–H and O–H groups in total. The summed E-state index contributed by atoms with van der Waals surface area (Å²) < 4.78 is 33.4. The molecule has 0 unspecified atom stereocenters. The molecule has 0 saturated carbocycles. The number of nitrogens with zero attached hydrogens (tertiary/aromatic N) is 2. The Kier molecular flexibility index (Phi) is 4.75. The first kappa shape index (κ1) is 16.8. The third kappa shape index (κ3) is 3.58. The van der Waals surface area contributed by atoms with Crippen LogP contribution in [0, 0.1) is 12.8 Å². The Labute approximate surface area is 139 Å². The van der Waals surface area contributed by atoms with E-state index in [0.717, 1.165) is 5.56 Å². The monoisotopic (exact) mass is 360 g/mol. The molecule has 2 atom stereocenters. The normalized spacial score (nSPS) is 26.8. The number of carboxylic acids is 1. The Hall–Kier alpha value is -1.00. The van der Waals surface area contributed by atoms with Gasteiger partial charge in [0.1, 0.15) is 4.21 Å².